The first kappa shape index (κ1) is 25.8. The third-order valence-electron chi connectivity index (χ3n) is 5.79. The fourth-order valence-corrected chi connectivity index (χ4v) is 6.00. The number of sulfonamides is 1. The number of nitrogens with two attached hydrogens (primary N) is 1. The van der Waals surface area contributed by atoms with Crippen molar-refractivity contribution in [3.05, 3.63) is 62.2 Å². The number of carbonyl (C=O) groups excluding carboxylic acids is 1. The third-order valence-corrected chi connectivity index (χ3v) is 8.39. The normalized spacial score (nSPS) is 17.2. The molecule has 6 nitrogen and oxygen atoms in total. The molecule has 2 aromatic carbocycles. The molecule has 2 aromatic rings. The lowest BCUT2D eigenvalue weighted by Crippen LogP contribution is -2.45. The molecule has 1 fully saturated rings. The van der Waals surface area contributed by atoms with E-state index in [2.05, 4.69) is 0 Å². The zero-order chi connectivity index (χ0) is 24.2. The van der Waals surface area contributed by atoms with E-state index in [0.29, 0.717) is 28.5 Å². The number of ether oxygens (including phenoxy) is 1. The Balaban J connectivity index is 1.81. The zero-order valence-electron chi connectivity index (χ0n) is 18.3. The summed E-state index contributed by atoms with van der Waals surface area (Å²) in [6.45, 7) is 2.17. The Hall–Kier alpha value is -1.79. The van der Waals surface area contributed by atoms with Gasteiger partial charge in [-0.3, -0.25) is 4.79 Å². The molecular weight excluding hydrogens is 565 g/mol. The van der Waals surface area contributed by atoms with E-state index >= 15 is 0 Å². The molecule has 10 heteroatoms. The highest BCUT2D eigenvalue weighted by Gasteiger charge is 2.31. The van der Waals surface area contributed by atoms with Crippen molar-refractivity contribution in [1.82, 2.24) is 4.31 Å². The molecule has 180 valence electrons. The maximum absolute atomic E-state index is 14.4. The van der Waals surface area contributed by atoms with E-state index in [4.69, 9.17) is 10.5 Å². The van der Waals surface area contributed by atoms with Crippen LogP contribution in [0.1, 0.15) is 54.1 Å². The average molecular weight is 592 g/mol. The lowest BCUT2D eigenvalue weighted by Gasteiger charge is -2.34. The van der Waals surface area contributed by atoms with Crippen molar-refractivity contribution in [3.63, 3.8) is 0 Å². The minimum absolute atomic E-state index is 0.00368. The topological polar surface area (TPSA) is 89.7 Å². The molecule has 0 aliphatic carbocycles. The van der Waals surface area contributed by atoms with Crippen molar-refractivity contribution < 1.29 is 26.7 Å². The van der Waals surface area contributed by atoms with Gasteiger partial charge >= 0.3 is 0 Å². The summed E-state index contributed by atoms with van der Waals surface area (Å²) in [6, 6.07) is 6.68. The number of piperidine rings is 1. The lowest BCUT2D eigenvalue weighted by atomic mass is 9.98. The van der Waals surface area contributed by atoms with Crippen LogP contribution < -0.4 is 10.5 Å². The molecule has 0 aromatic heterocycles. The Kier molecular flexibility index (Phi) is 8.68. The first-order valence-electron chi connectivity index (χ1n) is 10.8. The Morgan fingerprint density at radius 3 is 2.64 bits per heavy atom. The van der Waals surface area contributed by atoms with Crippen LogP contribution in [0.25, 0.3) is 0 Å². The van der Waals surface area contributed by atoms with Gasteiger partial charge in [-0.25, -0.2) is 17.2 Å². The second-order valence-corrected chi connectivity index (χ2v) is 11.5. The number of carbonyl (C=O) groups is 1. The number of rotatable bonds is 9. The smallest absolute Gasteiger partial charge is 0.252 e. The molecule has 1 saturated heterocycles. The quantitative estimate of drug-likeness (QED) is 0.442. The predicted octanol–water partition coefficient (Wildman–Crippen LogP) is 4.23. The van der Waals surface area contributed by atoms with Crippen LogP contribution in [0.15, 0.2) is 30.3 Å². The highest BCUT2D eigenvalue weighted by atomic mass is 127. The Labute approximate surface area is 206 Å². The van der Waals surface area contributed by atoms with Gasteiger partial charge in [0, 0.05) is 28.6 Å². The van der Waals surface area contributed by atoms with E-state index in [0.717, 1.165) is 25.0 Å². The summed E-state index contributed by atoms with van der Waals surface area (Å²) < 4.78 is 61.5. The van der Waals surface area contributed by atoms with Crippen molar-refractivity contribution in [2.75, 3.05) is 18.9 Å². The van der Waals surface area contributed by atoms with E-state index in [9.17, 15) is 22.0 Å². The van der Waals surface area contributed by atoms with E-state index in [1.165, 1.54) is 10.4 Å². The van der Waals surface area contributed by atoms with Crippen molar-refractivity contribution in [2.24, 2.45) is 5.73 Å². The van der Waals surface area contributed by atoms with Crippen LogP contribution in [0.3, 0.4) is 0 Å². The minimum Gasteiger partial charge on any atom is -0.493 e. The number of halogens is 3. The number of nitrogens with zero attached hydrogens (tertiary/aromatic N) is 1. The molecule has 0 bridgehead atoms. The first-order chi connectivity index (χ1) is 15.6. The molecule has 3 rings (SSSR count). The highest BCUT2D eigenvalue weighted by molar-refractivity contribution is 14.1. The summed E-state index contributed by atoms with van der Waals surface area (Å²) in [5, 5.41) is 0. The predicted molar refractivity (Wildman–Crippen MR) is 131 cm³/mol. The lowest BCUT2D eigenvalue weighted by molar-refractivity contribution is 0.0995. The largest absolute Gasteiger partial charge is 0.493 e. The molecule has 1 heterocycles. The number of hydrogen-bond acceptors (Lipinski definition) is 4. The van der Waals surface area contributed by atoms with Gasteiger partial charge in [0.1, 0.15) is 17.4 Å². The molecule has 1 atom stereocenters. The van der Waals surface area contributed by atoms with Crippen molar-refractivity contribution in [2.45, 2.75) is 45.1 Å². The third kappa shape index (κ3) is 6.42. The van der Waals surface area contributed by atoms with Gasteiger partial charge in [-0.05, 0) is 78.1 Å². The van der Waals surface area contributed by atoms with E-state index < -0.39 is 27.6 Å². The van der Waals surface area contributed by atoms with Crippen LogP contribution in [-0.4, -0.2) is 43.6 Å². The number of hydrogen-bond donors (Lipinski definition) is 1. The fraction of sp³-hybridized carbons (Fsp3) is 0.435. The van der Waals surface area contributed by atoms with Crippen LogP contribution in [0.2, 0.25) is 0 Å². The molecule has 0 spiro atoms. The Morgan fingerprint density at radius 2 is 1.97 bits per heavy atom. The molecule has 1 aliphatic heterocycles. The summed E-state index contributed by atoms with van der Waals surface area (Å²) in [5.74, 6) is -1.90. The maximum Gasteiger partial charge on any atom is 0.252 e. The van der Waals surface area contributed by atoms with Crippen molar-refractivity contribution in [3.8, 4) is 5.75 Å². The molecule has 0 saturated carbocycles. The second kappa shape index (κ2) is 11.1. The van der Waals surface area contributed by atoms with Gasteiger partial charge in [-0.15, -0.1) is 0 Å². The summed E-state index contributed by atoms with van der Waals surface area (Å²) in [7, 11) is -3.33. The molecule has 0 radical (unpaired) electrons. The monoisotopic (exact) mass is 592 g/mol. The summed E-state index contributed by atoms with van der Waals surface area (Å²) >= 11 is 1.99. The summed E-state index contributed by atoms with van der Waals surface area (Å²) in [6.07, 6.45) is 2.81. The van der Waals surface area contributed by atoms with Gasteiger partial charge in [0.25, 0.3) is 5.91 Å². The number of primary amides is 1. The van der Waals surface area contributed by atoms with Gasteiger partial charge in [-0.1, -0.05) is 12.5 Å². The molecule has 1 aliphatic rings. The summed E-state index contributed by atoms with van der Waals surface area (Å²) in [4.78, 5) is 12.2. The summed E-state index contributed by atoms with van der Waals surface area (Å²) in [5.41, 5.74) is 6.10. The van der Waals surface area contributed by atoms with Crippen molar-refractivity contribution >= 4 is 38.5 Å². The van der Waals surface area contributed by atoms with Crippen LogP contribution in [0.5, 0.6) is 5.75 Å². The van der Waals surface area contributed by atoms with Crippen LogP contribution >= 0.6 is 22.6 Å². The van der Waals surface area contributed by atoms with Gasteiger partial charge < -0.3 is 10.5 Å². The van der Waals surface area contributed by atoms with Gasteiger partial charge in [-0.2, -0.15) is 4.31 Å². The first-order valence-corrected chi connectivity index (χ1v) is 13.5. The van der Waals surface area contributed by atoms with E-state index in [-0.39, 0.29) is 41.7 Å². The molecule has 1 unspecified atom stereocenters. The van der Waals surface area contributed by atoms with Gasteiger partial charge in [0.05, 0.1) is 17.9 Å². The molecule has 33 heavy (non-hydrogen) atoms. The number of benzene rings is 2. The minimum atomic E-state index is -3.33. The Bertz CT molecular complexity index is 1130. The van der Waals surface area contributed by atoms with Gasteiger partial charge in [0.15, 0.2) is 0 Å². The molecular formula is C23H27F2IN2O4S. The average Bonchev–Trinajstić information content (AvgIpc) is 2.75. The fourth-order valence-electron chi connectivity index (χ4n) is 4.14. The standard InChI is InChI=1S/C23H27F2IN2O4S/c1-2-33(30,31)28-9-4-3-5-19(28)8-10-32-21-13-17(24)12-16(22(21)23(27)29)11-15-6-7-18(26)14-20(15)25/h6-7,12-14,19H,2-5,8-11H2,1H3,(H2,27,29). The van der Waals surface area contributed by atoms with Gasteiger partial charge in [0.2, 0.25) is 10.0 Å². The van der Waals surface area contributed by atoms with E-state index in [1.807, 2.05) is 22.6 Å². The molecule has 2 N–H and O–H groups in total. The Morgan fingerprint density at radius 1 is 1.21 bits per heavy atom. The molecule has 1 amide bonds. The van der Waals surface area contributed by atoms with Crippen molar-refractivity contribution in [1.29, 1.82) is 0 Å². The maximum atomic E-state index is 14.4. The SMILES string of the molecule is CCS(=O)(=O)N1CCCCC1CCOc1cc(F)cc(Cc2ccc(I)cc2F)c1C(N)=O. The van der Waals surface area contributed by atoms with Crippen LogP contribution in [-0.2, 0) is 16.4 Å². The zero-order valence-corrected chi connectivity index (χ0v) is 21.3. The van der Waals surface area contributed by atoms with Crippen LogP contribution in [0, 0.1) is 15.2 Å². The van der Waals surface area contributed by atoms with E-state index in [1.54, 1.807) is 19.1 Å². The van der Waals surface area contributed by atoms with Crippen LogP contribution in [0.4, 0.5) is 8.78 Å². The number of amides is 1. The second-order valence-electron chi connectivity index (χ2n) is 8.01. The highest BCUT2D eigenvalue weighted by Crippen LogP contribution is 2.29.